The summed E-state index contributed by atoms with van der Waals surface area (Å²) in [5, 5.41) is 4.89. The van der Waals surface area contributed by atoms with Crippen molar-refractivity contribution in [2.75, 3.05) is 0 Å². The van der Waals surface area contributed by atoms with Crippen molar-refractivity contribution in [2.45, 2.75) is 78.1 Å². The van der Waals surface area contributed by atoms with Gasteiger partial charge >= 0.3 is 0 Å². The molecule has 2 heteroatoms. The maximum Gasteiger partial charge on any atom is 0.136 e. The fraction of sp³-hybridized carbons (Fsp3) is 0.400. The molecule has 0 aliphatic carbocycles. The second-order valence-electron chi connectivity index (χ2n) is 9.25. The predicted octanol–water partition coefficient (Wildman–Crippen LogP) is 9.73. The van der Waals surface area contributed by atoms with Crippen LogP contribution < -0.4 is 0 Å². The smallest absolute Gasteiger partial charge is 0.136 e. The minimum atomic E-state index is 0.969. The minimum absolute atomic E-state index is 0.969. The van der Waals surface area contributed by atoms with Crippen molar-refractivity contribution >= 4 is 43.9 Å². The molecule has 0 amide bonds. The first-order valence-corrected chi connectivity index (χ1v) is 12.6. The average Bonchev–Trinajstić information content (AvgIpc) is 3.36. The molecular formula is C30H34O2. The molecule has 0 saturated heterocycles. The Hall–Kier alpha value is -2.74. The van der Waals surface area contributed by atoms with E-state index in [0.717, 1.165) is 35.2 Å². The zero-order chi connectivity index (χ0) is 21.9. The zero-order valence-corrected chi connectivity index (χ0v) is 19.5. The fourth-order valence-electron chi connectivity index (χ4n) is 5.19. The van der Waals surface area contributed by atoms with E-state index in [9.17, 15) is 0 Å². The molecule has 166 valence electrons. The summed E-state index contributed by atoms with van der Waals surface area (Å²) in [6.45, 7) is 4.53. The van der Waals surface area contributed by atoms with Gasteiger partial charge in [-0.05, 0) is 61.1 Å². The van der Waals surface area contributed by atoms with Gasteiger partial charge in [-0.15, -0.1) is 0 Å². The van der Waals surface area contributed by atoms with E-state index in [2.05, 4.69) is 62.4 Å². The molecule has 0 fully saturated rings. The van der Waals surface area contributed by atoms with E-state index in [-0.39, 0.29) is 0 Å². The zero-order valence-electron chi connectivity index (χ0n) is 19.5. The Labute approximate surface area is 190 Å². The Morgan fingerprint density at radius 2 is 1.00 bits per heavy atom. The first-order valence-electron chi connectivity index (χ1n) is 12.6. The van der Waals surface area contributed by atoms with Gasteiger partial charge in [-0.25, -0.2) is 0 Å². The van der Waals surface area contributed by atoms with Crippen LogP contribution in [0.5, 0.6) is 0 Å². The number of furan rings is 2. The van der Waals surface area contributed by atoms with Crippen LogP contribution in [0.2, 0.25) is 0 Å². The van der Waals surface area contributed by atoms with E-state index in [0.29, 0.717) is 0 Å². The summed E-state index contributed by atoms with van der Waals surface area (Å²) < 4.78 is 12.7. The summed E-state index contributed by atoms with van der Waals surface area (Å²) in [6.07, 6.45) is 12.4. The van der Waals surface area contributed by atoms with Crippen LogP contribution >= 0.6 is 0 Å². The molecule has 2 aromatic heterocycles. The Balaban J connectivity index is 1.59. The van der Waals surface area contributed by atoms with Crippen molar-refractivity contribution < 1.29 is 8.83 Å². The molecule has 32 heavy (non-hydrogen) atoms. The SMILES string of the molecule is CCCCCCc1cccc2oc3cc4c(cc3c12)oc1cccc(CCCCCC)c14. The second kappa shape index (κ2) is 9.40. The molecule has 0 unspecified atom stereocenters. The minimum Gasteiger partial charge on any atom is -0.456 e. The third-order valence-electron chi connectivity index (χ3n) is 6.88. The molecule has 2 heterocycles. The second-order valence-corrected chi connectivity index (χ2v) is 9.25. The summed E-state index contributed by atoms with van der Waals surface area (Å²) in [4.78, 5) is 0. The van der Waals surface area contributed by atoms with Crippen LogP contribution in [0.15, 0.2) is 57.4 Å². The summed E-state index contributed by atoms with van der Waals surface area (Å²) in [5.74, 6) is 0. The molecule has 2 nitrogen and oxygen atoms in total. The summed E-state index contributed by atoms with van der Waals surface area (Å²) >= 11 is 0. The molecule has 0 radical (unpaired) electrons. The van der Waals surface area contributed by atoms with E-state index < -0.39 is 0 Å². The molecule has 0 atom stereocenters. The highest BCUT2D eigenvalue weighted by molar-refractivity contribution is 6.16. The lowest BCUT2D eigenvalue weighted by molar-refractivity contribution is 0.660. The molecule has 0 aliphatic heterocycles. The molecule has 0 saturated carbocycles. The molecule has 5 aromatic rings. The van der Waals surface area contributed by atoms with Gasteiger partial charge in [-0.1, -0.05) is 76.6 Å². The van der Waals surface area contributed by atoms with Crippen LogP contribution in [-0.2, 0) is 12.8 Å². The third-order valence-corrected chi connectivity index (χ3v) is 6.88. The fourth-order valence-corrected chi connectivity index (χ4v) is 5.19. The van der Waals surface area contributed by atoms with Gasteiger partial charge in [0, 0.05) is 21.5 Å². The lowest BCUT2D eigenvalue weighted by Gasteiger charge is -2.04. The Kier molecular flexibility index (Phi) is 6.21. The number of hydrogen-bond donors (Lipinski definition) is 0. The quantitative estimate of drug-likeness (QED) is 0.208. The van der Waals surface area contributed by atoms with Crippen LogP contribution in [0.3, 0.4) is 0 Å². The number of unbranched alkanes of at least 4 members (excludes halogenated alkanes) is 6. The average molecular weight is 427 g/mol. The van der Waals surface area contributed by atoms with E-state index in [1.165, 1.54) is 84.0 Å². The van der Waals surface area contributed by atoms with Gasteiger partial charge in [-0.3, -0.25) is 0 Å². The van der Waals surface area contributed by atoms with Gasteiger partial charge < -0.3 is 8.83 Å². The first kappa shape index (κ1) is 21.1. The largest absolute Gasteiger partial charge is 0.456 e. The van der Waals surface area contributed by atoms with E-state index in [1.807, 2.05) is 0 Å². The topological polar surface area (TPSA) is 26.3 Å². The first-order chi connectivity index (χ1) is 15.8. The number of benzene rings is 3. The van der Waals surface area contributed by atoms with E-state index >= 15 is 0 Å². The van der Waals surface area contributed by atoms with Crippen molar-refractivity contribution in [3.63, 3.8) is 0 Å². The Morgan fingerprint density at radius 1 is 0.531 bits per heavy atom. The molecule has 0 bridgehead atoms. The third kappa shape index (κ3) is 3.92. The van der Waals surface area contributed by atoms with Gasteiger partial charge in [-0.2, -0.15) is 0 Å². The molecule has 5 rings (SSSR count). The van der Waals surface area contributed by atoms with Crippen molar-refractivity contribution in [1.29, 1.82) is 0 Å². The van der Waals surface area contributed by atoms with E-state index in [1.54, 1.807) is 0 Å². The van der Waals surface area contributed by atoms with Crippen LogP contribution in [0.25, 0.3) is 43.9 Å². The summed E-state index contributed by atoms with van der Waals surface area (Å²) in [7, 11) is 0. The number of hydrogen-bond acceptors (Lipinski definition) is 2. The monoisotopic (exact) mass is 426 g/mol. The normalized spacial score (nSPS) is 12.1. The number of fused-ring (bicyclic) bond motifs is 6. The molecule has 0 N–H and O–H groups in total. The number of aryl methyl sites for hydroxylation is 2. The number of rotatable bonds is 10. The summed E-state index contributed by atoms with van der Waals surface area (Å²) in [5.41, 5.74) is 6.71. The van der Waals surface area contributed by atoms with Gasteiger partial charge in [0.25, 0.3) is 0 Å². The van der Waals surface area contributed by atoms with Crippen molar-refractivity contribution in [3.8, 4) is 0 Å². The molecule has 0 spiro atoms. The van der Waals surface area contributed by atoms with Crippen LogP contribution in [-0.4, -0.2) is 0 Å². The molecular weight excluding hydrogens is 392 g/mol. The Bertz CT molecular complexity index is 1250. The molecule has 3 aromatic carbocycles. The van der Waals surface area contributed by atoms with Gasteiger partial charge in [0.05, 0.1) is 0 Å². The van der Waals surface area contributed by atoms with Crippen LogP contribution in [0.4, 0.5) is 0 Å². The van der Waals surface area contributed by atoms with Crippen LogP contribution in [0, 0.1) is 0 Å². The van der Waals surface area contributed by atoms with E-state index in [4.69, 9.17) is 8.83 Å². The van der Waals surface area contributed by atoms with Crippen LogP contribution in [0.1, 0.15) is 76.3 Å². The van der Waals surface area contributed by atoms with Crippen molar-refractivity contribution in [3.05, 3.63) is 59.7 Å². The van der Waals surface area contributed by atoms with Gasteiger partial charge in [0.2, 0.25) is 0 Å². The van der Waals surface area contributed by atoms with Gasteiger partial charge in [0.15, 0.2) is 0 Å². The highest BCUT2D eigenvalue weighted by Gasteiger charge is 2.17. The highest BCUT2D eigenvalue weighted by Crippen LogP contribution is 2.39. The van der Waals surface area contributed by atoms with Crippen molar-refractivity contribution in [2.24, 2.45) is 0 Å². The van der Waals surface area contributed by atoms with Gasteiger partial charge in [0.1, 0.15) is 22.3 Å². The maximum absolute atomic E-state index is 6.36. The molecule has 0 aliphatic rings. The summed E-state index contributed by atoms with van der Waals surface area (Å²) in [6, 6.07) is 17.4. The Morgan fingerprint density at radius 3 is 1.44 bits per heavy atom. The van der Waals surface area contributed by atoms with Crippen molar-refractivity contribution in [1.82, 2.24) is 0 Å². The lowest BCUT2D eigenvalue weighted by atomic mass is 9.98. The maximum atomic E-state index is 6.36. The standard InChI is InChI=1S/C30H34O2/c1-3-5-7-9-13-21-15-11-17-25-29(21)23-19-28-24(20-27(23)31-25)30-22(14-10-8-6-4-2)16-12-18-26(30)32-28/h11-12,15-20H,3-10,13-14H2,1-2H3. The lowest BCUT2D eigenvalue weighted by Crippen LogP contribution is -1.87. The predicted molar refractivity (Wildman–Crippen MR) is 137 cm³/mol. The highest BCUT2D eigenvalue weighted by atomic mass is 16.3.